The van der Waals surface area contributed by atoms with Crippen LogP contribution in [0.15, 0.2) is 0 Å². The third-order valence-corrected chi connectivity index (χ3v) is 3.69. The van der Waals surface area contributed by atoms with Gasteiger partial charge in [0.1, 0.15) is 5.54 Å². The number of methoxy groups -OCH3 is 2. The van der Waals surface area contributed by atoms with E-state index in [0.29, 0.717) is 6.42 Å². The van der Waals surface area contributed by atoms with Gasteiger partial charge in [0.15, 0.2) is 0 Å². The second-order valence-electron chi connectivity index (χ2n) is 4.31. The van der Waals surface area contributed by atoms with Crippen LogP contribution >= 0.6 is 0 Å². The van der Waals surface area contributed by atoms with Crippen LogP contribution in [0, 0.1) is 17.8 Å². The normalized spacial score (nSPS) is 41.9. The number of hydrogen-bond acceptors (Lipinski definition) is 5. The maximum absolute atomic E-state index is 11.5. The largest absolute Gasteiger partial charge is 0.469 e. The lowest BCUT2D eigenvalue weighted by atomic mass is 9.92. The van der Waals surface area contributed by atoms with E-state index in [0.717, 1.165) is 6.42 Å². The predicted molar refractivity (Wildman–Crippen MR) is 50.7 cm³/mol. The van der Waals surface area contributed by atoms with Crippen LogP contribution in [0.5, 0.6) is 0 Å². The summed E-state index contributed by atoms with van der Waals surface area (Å²) in [5, 5.41) is 0. The van der Waals surface area contributed by atoms with Crippen LogP contribution in [0.4, 0.5) is 0 Å². The summed E-state index contributed by atoms with van der Waals surface area (Å²) in [4.78, 5) is 22.9. The third kappa shape index (κ3) is 1.26. The van der Waals surface area contributed by atoms with Crippen molar-refractivity contribution < 1.29 is 19.1 Å². The summed E-state index contributed by atoms with van der Waals surface area (Å²) in [7, 11) is 2.67. The van der Waals surface area contributed by atoms with Crippen LogP contribution < -0.4 is 5.73 Å². The van der Waals surface area contributed by atoms with Crippen LogP contribution in [0.3, 0.4) is 0 Å². The zero-order valence-corrected chi connectivity index (χ0v) is 8.86. The zero-order valence-electron chi connectivity index (χ0n) is 8.86. The lowest BCUT2D eigenvalue weighted by Gasteiger charge is -2.23. The van der Waals surface area contributed by atoms with Crippen LogP contribution in [0.1, 0.15) is 12.8 Å². The molecule has 0 aliphatic heterocycles. The Bertz CT molecular complexity index is 317. The molecule has 2 rings (SSSR count). The van der Waals surface area contributed by atoms with Crippen LogP contribution in [0.2, 0.25) is 0 Å². The Balaban J connectivity index is 2.13. The SMILES string of the molecule is COC(=O)C1C2CCC(N)(C(=O)OC)C21. The van der Waals surface area contributed by atoms with Gasteiger partial charge in [-0.05, 0) is 18.8 Å². The van der Waals surface area contributed by atoms with Gasteiger partial charge < -0.3 is 15.2 Å². The summed E-state index contributed by atoms with van der Waals surface area (Å²) >= 11 is 0. The van der Waals surface area contributed by atoms with E-state index >= 15 is 0 Å². The van der Waals surface area contributed by atoms with Crippen molar-refractivity contribution in [1.82, 2.24) is 0 Å². The van der Waals surface area contributed by atoms with E-state index in [-0.39, 0.29) is 23.7 Å². The quantitative estimate of drug-likeness (QED) is 0.636. The van der Waals surface area contributed by atoms with Gasteiger partial charge in [-0.25, -0.2) is 0 Å². The number of fused-ring (bicyclic) bond motifs is 1. The van der Waals surface area contributed by atoms with E-state index < -0.39 is 11.5 Å². The monoisotopic (exact) mass is 213 g/mol. The molecule has 5 heteroatoms. The van der Waals surface area contributed by atoms with E-state index in [1.165, 1.54) is 14.2 Å². The molecule has 84 valence electrons. The molecule has 0 aromatic heterocycles. The second-order valence-corrected chi connectivity index (χ2v) is 4.31. The fraction of sp³-hybridized carbons (Fsp3) is 0.800. The number of carbonyl (C=O) groups excluding carboxylic acids is 2. The molecule has 4 unspecified atom stereocenters. The minimum absolute atomic E-state index is 0.0857. The fourth-order valence-corrected chi connectivity index (χ4v) is 2.89. The van der Waals surface area contributed by atoms with E-state index in [1.807, 2.05) is 0 Å². The Morgan fingerprint density at radius 3 is 2.53 bits per heavy atom. The molecule has 0 radical (unpaired) electrons. The maximum atomic E-state index is 11.5. The Hall–Kier alpha value is -1.10. The average Bonchev–Trinajstić information content (AvgIpc) is 2.89. The van der Waals surface area contributed by atoms with Crippen LogP contribution in [0.25, 0.3) is 0 Å². The third-order valence-electron chi connectivity index (χ3n) is 3.69. The average molecular weight is 213 g/mol. The highest BCUT2D eigenvalue weighted by Crippen LogP contribution is 2.61. The lowest BCUT2D eigenvalue weighted by molar-refractivity contribution is -0.149. The molecule has 0 spiro atoms. The van der Waals surface area contributed by atoms with Crippen molar-refractivity contribution in [3.05, 3.63) is 0 Å². The molecule has 0 saturated heterocycles. The van der Waals surface area contributed by atoms with Crippen molar-refractivity contribution in [1.29, 1.82) is 0 Å². The summed E-state index contributed by atoms with van der Waals surface area (Å²) in [5.74, 6) is -0.753. The molecule has 0 amide bonds. The molecule has 2 aliphatic rings. The number of ether oxygens (including phenoxy) is 2. The Labute approximate surface area is 87.9 Å². The van der Waals surface area contributed by atoms with E-state index in [4.69, 9.17) is 5.73 Å². The zero-order chi connectivity index (χ0) is 11.2. The van der Waals surface area contributed by atoms with Gasteiger partial charge in [-0.15, -0.1) is 0 Å². The Morgan fingerprint density at radius 2 is 2.00 bits per heavy atom. The molecule has 0 aromatic carbocycles. The van der Waals surface area contributed by atoms with Gasteiger partial charge in [-0.1, -0.05) is 0 Å². The van der Waals surface area contributed by atoms with Crippen molar-refractivity contribution in [3.8, 4) is 0 Å². The van der Waals surface area contributed by atoms with Crippen LogP contribution in [-0.4, -0.2) is 31.7 Å². The van der Waals surface area contributed by atoms with Gasteiger partial charge in [0.25, 0.3) is 0 Å². The standard InChI is InChI=1S/C10H15NO4/c1-14-8(12)6-5-3-4-10(11,7(5)6)9(13)15-2/h5-7H,3-4,11H2,1-2H3. The van der Waals surface area contributed by atoms with Crippen molar-refractivity contribution >= 4 is 11.9 Å². The first-order chi connectivity index (χ1) is 7.06. The molecule has 5 nitrogen and oxygen atoms in total. The van der Waals surface area contributed by atoms with Gasteiger partial charge >= 0.3 is 11.9 Å². The molecule has 2 N–H and O–H groups in total. The Kier molecular flexibility index (Phi) is 2.22. The summed E-state index contributed by atoms with van der Waals surface area (Å²) in [6.45, 7) is 0. The Morgan fingerprint density at radius 1 is 1.33 bits per heavy atom. The van der Waals surface area contributed by atoms with Crippen molar-refractivity contribution in [2.45, 2.75) is 18.4 Å². The molecule has 0 heterocycles. The van der Waals surface area contributed by atoms with E-state index in [1.54, 1.807) is 0 Å². The highest BCUT2D eigenvalue weighted by atomic mass is 16.5. The molecule has 0 bridgehead atoms. The topological polar surface area (TPSA) is 78.6 Å². The summed E-state index contributed by atoms with van der Waals surface area (Å²) in [5.41, 5.74) is 5.02. The van der Waals surface area contributed by atoms with Gasteiger partial charge in [0.2, 0.25) is 0 Å². The fourth-order valence-electron chi connectivity index (χ4n) is 2.89. The molecular formula is C10H15NO4. The number of carbonyl (C=O) groups is 2. The molecule has 2 saturated carbocycles. The number of hydrogen-bond donors (Lipinski definition) is 1. The maximum Gasteiger partial charge on any atom is 0.326 e. The van der Waals surface area contributed by atoms with Gasteiger partial charge in [-0.2, -0.15) is 0 Å². The molecule has 4 atom stereocenters. The first-order valence-electron chi connectivity index (χ1n) is 5.01. The highest BCUT2D eigenvalue weighted by molar-refractivity contribution is 5.86. The first-order valence-corrected chi connectivity index (χ1v) is 5.01. The molecule has 0 aromatic rings. The van der Waals surface area contributed by atoms with Crippen molar-refractivity contribution in [3.63, 3.8) is 0 Å². The van der Waals surface area contributed by atoms with Gasteiger partial charge in [-0.3, -0.25) is 9.59 Å². The van der Waals surface area contributed by atoms with E-state index in [2.05, 4.69) is 9.47 Å². The van der Waals surface area contributed by atoms with Crippen molar-refractivity contribution in [2.24, 2.45) is 23.5 Å². The summed E-state index contributed by atoms with van der Waals surface area (Å²) in [6, 6.07) is 0. The molecule has 2 fully saturated rings. The minimum atomic E-state index is -0.974. The highest BCUT2D eigenvalue weighted by Gasteiger charge is 2.70. The number of rotatable bonds is 2. The number of esters is 2. The van der Waals surface area contributed by atoms with E-state index in [9.17, 15) is 9.59 Å². The number of nitrogens with two attached hydrogens (primary N) is 1. The van der Waals surface area contributed by atoms with Gasteiger partial charge in [0, 0.05) is 5.92 Å². The molecule has 2 aliphatic carbocycles. The lowest BCUT2D eigenvalue weighted by Crippen LogP contribution is -2.50. The molecule has 15 heavy (non-hydrogen) atoms. The summed E-state index contributed by atoms with van der Waals surface area (Å²) < 4.78 is 9.35. The minimum Gasteiger partial charge on any atom is -0.469 e. The summed E-state index contributed by atoms with van der Waals surface area (Å²) in [6.07, 6.45) is 1.40. The predicted octanol–water partition coefficient (Wildman–Crippen LogP) is -0.314. The van der Waals surface area contributed by atoms with Crippen molar-refractivity contribution in [2.75, 3.05) is 14.2 Å². The smallest absolute Gasteiger partial charge is 0.326 e. The molecular weight excluding hydrogens is 198 g/mol. The first kappa shape index (κ1) is 10.4. The van der Waals surface area contributed by atoms with Gasteiger partial charge in [0.05, 0.1) is 20.1 Å². The van der Waals surface area contributed by atoms with Crippen LogP contribution in [-0.2, 0) is 19.1 Å². The second kappa shape index (κ2) is 3.20.